The van der Waals surface area contributed by atoms with Gasteiger partial charge >= 0.3 is 0 Å². The normalized spacial score (nSPS) is 22.5. The third kappa shape index (κ3) is 4.48. The van der Waals surface area contributed by atoms with E-state index in [1.165, 1.54) is 6.42 Å². The SMILES string of the molecule is C[C@@H]1C[C@@H](C)CN([C@@H](C)CNC(=O)c2cc(-c3ccccc3)on2)C1. The molecular formula is C20H27N3O2. The molecule has 134 valence electrons. The molecule has 1 N–H and O–H groups in total. The van der Waals surface area contributed by atoms with Crippen molar-refractivity contribution in [2.45, 2.75) is 33.2 Å². The summed E-state index contributed by atoms with van der Waals surface area (Å²) < 4.78 is 5.30. The molecular weight excluding hydrogens is 314 g/mol. The Bertz CT molecular complexity index is 688. The molecule has 5 nitrogen and oxygen atoms in total. The van der Waals surface area contributed by atoms with Crippen molar-refractivity contribution in [2.75, 3.05) is 19.6 Å². The van der Waals surface area contributed by atoms with Crippen molar-refractivity contribution in [1.29, 1.82) is 0 Å². The molecule has 1 saturated heterocycles. The van der Waals surface area contributed by atoms with Crippen molar-refractivity contribution >= 4 is 5.91 Å². The minimum absolute atomic E-state index is 0.184. The minimum atomic E-state index is -0.184. The number of likely N-dealkylation sites (tertiary alicyclic amines) is 1. The van der Waals surface area contributed by atoms with Gasteiger partial charge in [-0.2, -0.15) is 0 Å². The molecule has 2 heterocycles. The first kappa shape index (κ1) is 17.7. The summed E-state index contributed by atoms with van der Waals surface area (Å²) in [5.41, 5.74) is 1.24. The van der Waals surface area contributed by atoms with E-state index >= 15 is 0 Å². The van der Waals surface area contributed by atoms with Crippen molar-refractivity contribution < 1.29 is 9.32 Å². The summed E-state index contributed by atoms with van der Waals surface area (Å²) >= 11 is 0. The number of rotatable bonds is 5. The number of aromatic nitrogens is 1. The molecule has 3 rings (SSSR count). The van der Waals surface area contributed by atoms with Gasteiger partial charge in [-0.1, -0.05) is 49.3 Å². The highest BCUT2D eigenvalue weighted by molar-refractivity contribution is 5.93. The van der Waals surface area contributed by atoms with Gasteiger partial charge in [-0.15, -0.1) is 0 Å². The standard InChI is InChI=1S/C20H27N3O2/c1-14-9-15(2)13-23(12-14)16(3)11-21-20(24)18-10-19(25-22-18)17-7-5-4-6-8-17/h4-8,10,14-16H,9,11-13H2,1-3H3,(H,21,24)/t14-,15-,16+/m1/s1. The van der Waals surface area contributed by atoms with Gasteiger partial charge in [0, 0.05) is 37.3 Å². The van der Waals surface area contributed by atoms with Crippen LogP contribution in [0.1, 0.15) is 37.7 Å². The second-order valence-electron chi connectivity index (χ2n) is 7.40. The van der Waals surface area contributed by atoms with Crippen LogP contribution in [0.5, 0.6) is 0 Å². The van der Waals surface area contributed by atoms with Crippen LogP contribution in [0.15, 0.2) is 40.9 Å². The predicted octanol–water partition coefficient (Wildman–Crippen LogP) is 3.44. The molecule has 3 atom stereocenters. The summed E-state index contributed by atoms with van der Waals surface area (Å²) in [4.78, 5) is 14.8. The van der Waals surface area contributed by atoms with Crippen molar-refractivity contribution in [2.24, 2.45) is 11.8 Å². The van der Waals surface area contributed by atoms with E-state index in [1.54, 1.807) is 6.07 Å². The third-order valence-corrected chi connectivity index (χ3v) is 4.88. The molecule has 1 aromatic carbocycles. The average Bonchev–Trinajstić information content (AvgIpc) is 3.09. The van der Waals surface area contributed by atoms with Gasteiger partial charge in [0.1, 0.15) is 0 Å². The van der Waals surface area contributed by atoms with Gasteiger partial charge < -0.3 is 9.84 Å². The van der Waals surface area contributed by atoms with Crippen LogP contribution < -0.4 is 5.32 Å². The summed E-state index contributed by atoms with van der Waals surface area (Å²) in [6.45, 7) is 9.59. The number of carbonyl (C=O) groups excluding carboxylic acids is 1. The van der Waals surface area contributed by atoms with E-state index in [2.05, 4.69) is 36.1 Å². The zero-order chi connectivity index (χ0) is 17.8. The lowest BCUT2D eigenvalue weighted by molar-refractivity contribution is 0.0862. The molecule has 2 aromatic rings. The van der Waals surface area contributed by atoms with E-state index in [1.807, 2.05) is 30.3 Å². The average molecular weight is 341 g/mol. The Hall–Kier alpha value is -2.14. The molecule has 0 spiro atoms. The van der Waals surface area contributed by atoms with Crippen LogP contribution in [0.25, 0.3) is 11.3 Å². The summed E-state index contributed by atoms with van der Waals surface area (Å²) in [5.74, 6) is 1.85. The minimum Gasteiger partial charge on any atom is -0.355 e. The molecule has 1 amide bonds. The lowest BCUT2D eigenvalue weighted by Gasteiger charge is -2.38. The number of carbonyl (C=O) groups is 1. The quantitative estimate of drug-likeness (QED) is 0.905. The van der Waals surface area contributed by atoms with Crippen LogP contribution in [0, 0.1) is 11.8 Å². The Morgan fingerprint density at radius 1 is 1.28 bits per heavy atom. The molecule has 1 aliphatic heterocycles. The van der Waals surface area contributed by atoms with Crippen molar-refractivity contribution in [3.8, 4) is 11.3 Å². The summed E-state index contributed by atoms with van der Waals surface area (Å²) in [6.07, 6.45) is 1.29. The molecule has 0 unspecified atom stereocenters. The smallest absolute Gasteiger partial charge is 0.273 e. The fraction of sp³-hybridized carbons (Fsp3) is 0.500. The van der Waals surface area contributed by atoms with Crippen LogP contribution >= 0.6 is 0 Å². The maximum Gasteiger partial charge on any atom is 0.273 e. The van der Waals surface area contributed by atoms with E-state index < -0.39 is 0 Å². The number of nitrogens with zero attached hydrogens (tertiary/aromatic N) is 2. The van der Waals surface area contributed by atoms with Crippen molar-refractivity contribution in [3.05, 3.63) is 42.1 Å². The molecule has 1 aliphatic rings. The lowest BCUT2D eigenvalue weighted by atomic mass is 9.91. The topological polar surface area (TPSA) is 58.4 Å². The van der Waals surface area contributed by atoms with E-state index in [9.17, 15) is 4.79 Å². The van der Waals surface area contributed by atoms with E-state index in [-0.39, 0.29) is 5.91 Å². The highest BCUT2D eigenvalue weighted by Gasteiger charge is 2.25. The van der Waals surface area contributed by atoms with Crippen LogP contribution in [-0.2, 0) is 0 Å². The van der Waals surface area contributed by atoms with Crippen LogP contribution in [0.2, 0.25) is 0 Å². The number of hydrogen-bond donors (Lipinski definition) is 1. The highest BCUT2D eigenvalue weighted by Crippen LogP contribution is 2.22. The zero-order valence-electron chi connectivity index (χ0n) is 15.2. The second-order valence-corrected chi connectivity index (χ2v) is 7.40. The largest absolute Gasteiger partial charge is 0.355 e. The second kappa shape index (κ2) is 7.83. The fourth-order valence-corrected chi connectivity index (χ4v) is 3.65. The van der Waals surface area contributed by atoms with Gasteiger partial charge in [0.25, 0.3) is 5.91 Å². The summed E-state index contributed by atoms with van der Waals surface area (Å²) in [7, 11) is 0. The zero-order valence-corrected chi connectivity index (χ0v) is 15.2. The summed E-state index contributed by atoms with van der Waals surface area (Å²) in [6, 6.07) is 11.7. The van der Waals surface area contributed by atoms with Crippen LogP contribution in [0.3, 0.4) is 0 Å². The Labute approximate surface area is 149 Å². The van der Waals surface area contributed by atoms with Gasteiger partial charge in [-0.05, 0) is 25.2 Å². The first-order chi connectivity index (χ1) is 12.0. The number of nitrogens with one attached hydrogen (secondary N) is 1. The van der Waals surface area contributed by atoms with Gasteiger partial charge in [-0.3, -0.25) is 9.69 Å². The van der Waals surface area contributed by atoms with Gasteiger partial charge in [0.2, 0.25) is 0 Å². The van der Waals surface area contributed by atoms with E-state index in [0.717, 1.165) is 18.7 Å². The number of benzene rings is 1. The van der Waals surface area contributed by atoms with Gasteiger partial charge in [0.15, 0.2) is 11.5 Å². The molecule has 5 heteroatoms. The Morgan fingerprint density at radius 2 is 1.96 bits per heavy atom. The highest BCUT2D eigenvalue weighted by atomic mass is 16.5. The Balaban J connectivity index is 1.55. The third-order valence-electron chi connectivity index (χ3n) is 4.88. The maximum atomic E-state index is 12.4. The first-order valence-corrected chi connectivity index (χ1v) is 9.07. The molecule has 0 radical (unpaired) electrons. The summed E-state index contributed by atoms with van der Waals surface area (Å²) in [5, 5.41) is 6.89. The number of hydrogen-bond acceptors (Lipinski definition) is 4. The van der Waals surface area contributed by atoms with Crippen molar-refractivity contribution in [3.63, 3.8) is 0 Å². The Morgan fingerprint density at radius 3 is 2.64 bits per heavy atom. The number of piperidine rings is 1. The Kier molecular flexibility index (Phi) is 5.53. The monoisotopic (exact) mass is 341 g/mol. The van der Waals surface area contributed by atoms with E-state index in [0.29, 0.717) is 35.9 Å². The predicted molar refractivity (Wildman–Crippen MR) is 98.3 cm³/mol. The van der Waals surface area contributed by atoms with E-state index in [4.69, 9.17) is 4.52 Å². The maximum absolute atomic E-state index is 12.4. The molecule has 1 aromatic heterocycles. The fourth-order valence-electron chi connectivity index (χ4n) is 3.65. The first-order valence-electron chi connectivity index (χ1n) is 9.07. The number of amides is 1. The molecule has 0 aliphatic carbocycles. The van der Waals surface area contributed by atoms with Gasteiger partial charge in [0.05, 0.1) is 0 Å². The van der Waals surface area contributed by atoms with Crippen LogP contribution in [-0.4, -0.2) is 41.6 Å². The van der Waals surface area contributed by atoms with Gasteiger partial charge in [-0.25, -0.2) is 0 Å². The lowest BCUT2D eigenvalue weighted by Crippen LogP contribution is -2.48. The molecule has 0 bridgehead atoms. The van der Waals surface area contributed by atoms with Crippen LogP contribution in [0.4, 0.5) is 0 Å². The molecule has 1 fully saturated rings. The molecule has 0 saturated carbocycles. The molecule has 25 heavy (non-hydrogen) atoms. The van der Waals surface area contributed by atoms with Crippen molar-refractivity contribution in [1.82, 2.24) is 15.4 Å².